The van der Waals surface area contributed by atoms with Crippen molar-refractivity contribution in [1.29, 1.82) is 0 Å². The second-order valence-electron chi connectivity index (χ2n) is 8.79. The average molecular weight is 446 g/mol. The predicted molar refractivity (Wildman–Crippen MR) is 120 cm³/mol. The van der Waals surface area contributed by atoms with Crippen molar-refractivity contribution in [2.45, 2.75) is 25.3 Å². The van der Waals surface area contributed by atoms with Crippen LogP contribution in [0.5, 0.6) is 0 Å². The summed E-state index contributed by atoms with van der Waals surface area (Å²) >= 11 is 1.67. The molecular weight excluding hydrogens is 426 g/mol. The Labute approximate surface area is 186 Å². The largest absolute Gasteiger partial charge is 0.371 e. The van der Waals surface area contributed by atoms with Gasteiger partial charge >= 0.3 is 0 Å². The lowest BCUT2D eigenvalue weighted by molar-refractivity contribution is 0.363. The molecule has 1 aromatic carbocycles. The summed E-state index contributed by atoms with van der Waals surface area (Å²) in [6.45, 7) is 4.16. The monoisotopic (exact) mass is 445 g/mol. The highest BCUT2D eigenvalue weighted by atomic mass is 32.1. The van der Waals surface area contributed by atoms with Gasteiger partial charge in [-0.3, -0.25) is 9.36 Å². The smallest absolute Gasteiger partial charge is 0.259 e. The van der Waals surface area contributed by atoms with Gasteiger partial charge in [0.25, 0.3) is 5.56 Å². The molecular formula is C22H19N7O2S. The summed E-state index contributed by atoms with van der Waals surface area (Å²) in [7, 11) is 0. The minimum Gasteiger partial charge on any atom is -0.371 e. The Morgan fingerprint density at radius 1 is 1.22 bits per heavy atom. The fourth-order valence-corrected chi connectivity index (χ4v) is 5.85. The first-order valence-electron chi connectivity index (χ1n) is 10.7. The van der Waals surface area contributed by atoms with Gasteiger partial charge in [0.1, 0.15) is 12.9 Å². The number of aromatic nitrogens is 5. The number of hydrogen-bond donors (Lipinski definition) is 0. The van der Waals surface area contributed by atoms with Crippen molar-refractivity contribution in [3.63, 3.8) is 0 Å². The first kappa shape index (κ1) is 18.2. The molecule has 1 saturated heterocycles. The van der Waals surface area contributed by atoms with E-state index in [9.17, 15) is 4.79 Å². The molecule has 7 rings (SSSR count). The molecule has 0 radical (unpaired) electrons. The van der Waals surface area contributed by atoms with E-state index in [-0.39, 0.29) is 18.0 Å². The van der Waals surface area contributed by atoms with E-state index in [0.717, 1.165) is 24.4 Å². The maximum Gasteiger partial charge on any atom is 0.259 e. The molecule has 9 nitrogen and oxygen atoms in total. The highest BCUT2D eigenvalue weighted by molar-refractivity contribution is 7.16. The molecule has 1 unspecified atom stereocenters. The SMILES string of the molecule is CC1C=Nc2ncn(Cc3nc([C@H]4[C@@H]5CN(c6ccc7ncsc7c6)C[C@@H]54)no3)c(=O)c21. The van der Waals surface area contributed by atoms with Crippen LogP contribution in [-0.2, 0) is 6.54 Å². The normalized spacial score (nSPS) is 25.5. The summed E-state index contributed by atoms with van der Waals surface area (Å²) in [4.78, 5) is 32.7. The quantitative estimate of drug-likeness (QED) is 0.476. The van der Waals surface area contributed by atoms with E-state index in [2.05, 4.69) is 48.2 Å². The molecule has 4 atom stereocenters. The summed E-state index contributed by atoms with van der Waals surface area (Å²) < 4.78 is 8.23. The van der Waals surface area contributed by atoms with Crippen molar-refractivity contribution < 1.29 is 4.52 Å². The van der Waals surface area contributed by atoms with Crippen molar-refractivity contribution >= 4 is 39.3 Å². The summed E-state index contributed by atoms with van der Waals surface area (Å²) in [5.41, 5.74) is 4.72. The van der Waals surface area contributed by atoms with Crippen LogP contribution >= 0.6 is 11.3 Å². The highest BCUT2D eigenvalue weighted by Crippen LogP contribution is 2.58. The number of fused-ring (bicyclic) bond motifs is 3. The van der Waals surface area contributed by atoms with Gasteiger partial charge in [0.05, 0.1) is 21.3 Å². The Bertz CT molecular complexity index is 1440. The number of nitrogens with zero attached hydrogens (tertiary/aromatic N) is 7. The third kappa shape index (κ3) is 2.68. The van der Waals surface area contributed by atoms with Gasteiger partial charge in [-0.25, -0.2) is 15.0 Å². The molecule has 0 spiro atoms. The van der Waals surface area contributed by atoms with E-state index in [4.69, 9.17) is 4.52 Å². The lowest BCUT2D eigenvalue weighted by Gasteiger charge is -2.21. The van der Waals surface area contributed by atoms with Crippen LogP contribution < -0.4 is 10.5 Å². The van der Waals surface area contributed by atoms with E-state index < -0.39 is 0 Å². The zero-order valence-electron chi connectivity index (χ0n) is 17.3. The number of rotatable bonds is 4. The molecule has 4 aromatic rings. The molecule has 3 aliphatic rings. The first-order valence-corrected chi connectivity index (χ1v) is 11.6. The lowest BCUT2D eigenvalue weighted by Crippen LogP contribution is -2.25. The van der Waals surface area contributed by atoms with Crippen molar-refractivity contribution in [1.82, 2.24) is 24.7 Å². The minimum atomic E-state index is -0.100. The summed E-state index contributed by atoms with van der Waals surface area (Å²) in [5.74, 6) is 3.09. The van der Waals surface area contributed by atoms with Crippen LogP contribution in [0.3, 0.4) is 0 Å². The van der Waals surface area contributed by atoms with E-state index in [1.807, 2.05) is 12.4 Å². The van der Waals surface area contributed by atoms with Crippen LogP contribution in [0, 0.1) is 11.8 Å². The maximum absolute atomic E-state index is 12.8. The maximum atomic E-state index is 12.8. The summed E-state index contributed by atoms with van der Waals surface area (Å²) in [6.07, 6.45) is 3.25. The van der Waals surface area contributed by atoms with Crippen LogP contribution in [0.2, 0.25) is 0 Å². The number of hydrogen-bond acceptors (Lipinski definition) is 9. The second kappa shape index (κ2) is 6.55. The number of benzene rings is 1. The summed E-state index contributed by atoms with van der Waals surface area (Å²) in [5, 5.41) is 4.23. The number of piperidine rings is 1. The molecule has 160 valence electrons. The summed E-state index contributed by atoms with van der Waals surface area (Å²) in [6, 6.07) is 6.48. The molecule has 3 aromatic heterocycles. The topological polar surface area (TPSA) is 102 Å². The van der Waals surface area contributed by atoms with Crippen molar-refractivity contribution in [2.24, 2.45) is 16.8 Å². The van der Waals surface area contributed by atoms with Gasteiger partial charge in [0.2, 0.25) is 5.89 Å². The van der Waals surface area contributed by atoms with Gasteiger partial charge in [-0.05, 0) is 30.0 Å². The average Bonchev–Trinajstić information content (AvgIpc) is 3.38. The second-order valence-corrected chi connectivity index (χ2v) is 9.68. The highest BCUT2D eigenvalue weighted by Gasteiger charge is 2.58. The van der Waals surface area contributed by atoms with Gasteiger partial charge < -0.3 is 9.42 Å². The zero-order chi connectivity index (χ0) is 21.4. The van der Waals surface area contributed by atoms with Gasteiger partial charge in [-0.15, -0.1) is 11.3 Å². The van der Waals surface area contributed by atoms with Crippen LogP contribution in [0.1, 0.15) is 36.0 Å². The van der Waals surface area contributed by atoms with E-state index in [1.165, 1.54) is 21.3 Å². The van der Waals surface area contributed by atoms with Crippen LogP contribution in [0.4, 0.5) is 11.5 Å². The van der Waals surface area contributed by atoms with Crippen LogP contribution in [-0.4, -0.2) is 44.0 Å². The Kier molecular flexibility index (Phi) is 3.73. The van der Waals surface area contributed by atoms with Crippen molar-refractivity contribution in [2.75, 3.05) is 18.0 Å². The molecule has 2 aliphatic heterocycles. The van der Waals surface area contributed by atoms with Crippen molar-refractivity contribution in [3.8, 4) is 0 Å². The van der Waals surface area contributed by atoms with E-state index in [0.29, 0.717) is 35.0 Å². The van der Waals surface area contributed by atoms with Gasteiger partial charge in [0, 0.05) is 36.8 Å². The minimum absolute atomic E-state index is 0.0266. The molecule has 0 N–H and O–H groups in total. The molecule has 32 heavy (non-hydrogen) atoms. The molecule has 1 aliphatic carbocycles. The third-order valence-corrected chi connectivity index (χ3v) is 7.68. The number of aliphatic imine (C=N–C) groups is 1. The fraction of sp³-hybridized carbons (Fsp3) is 0.364. The van der Waals surface area contributed by atoms with Gasteiger partial charge in [0.15, 0.2) is 11.6 Å². The predicted octanol–water partition coefficient (Wildman–Crippen LogP) is 2.95. The van der Waals surface area contributed by atoms with Crippen LogP contribution in [0.25, 0.3) is 10.2 Å². The Morgan fingerprint density at radius 2 is 2.09 bits per heavy atom. The Hall–Kier alpha value is -3.40. The fourth-order valence-electron chi connectivity index (χ4n) is 5.14. The van der Waals surface area contributed by atoms with E-state index in [1.54, 1.807) is 17.6 Å². The van der Waals surface area contributed by atoms with Crippen molar-refractivity contribution in [3.05, 3.63) is 57.7 Å². The molecule has 1 saturated carbocycles. The molecule has 0 amide bonds. The molecule has 10 heteroatoms. The zero-order valence-corrected chi connectivity index (χ0v) is 18.1. The third-order valence-electron chi connectivity index (χ3n) is 6.89. The van der Waals surface area contributed by atoms with Gasteiger partial charge in [-0.1, -0.05) is 12.1 Å². The molecule has 5 heterocycles. The van der Waals surface area contributed by atoms with Crippen LogP contribution in [0.15, 0.2) is 44.3 Å². The molecule has 2 fully saturated rings. The van der Waals surface area contributed by atoms with Gasteiger partial charge in [-0.2, -0.15) is 4.98 Å². The first-order chi connectivity index (χ1) is 15.7. The number of thiazole rings is 1. The standard InChI is InChI=1S/C22H19N7O2S/c1-11-5-23-20-18(11)22(30)29(9-24-20)8-17-26-21(27-31-17)19-13-6-28(7-14(13)19)12-2-3-15-16(4-12)32-10-25-15/h2-5,9-11,13-14,19H,6-8H2,1H3/t11?,13-,14+,19+. The lowest BCUT2D eigenvalue weighted by atomic mass is 10.1. The molecule has 0 bridgehead atoms. The Balaban J connectivity index is 1.05. The number of anilines is 1. The Morgan fingerprint density at radius 3 is 2.97 bits per heavy atom. The van der Waals surface area contributed by atoms with E-state index >= 15 is 0 Å².